The van der Waals surface area contributed by atoms with Gasteiger partial charge in [0.25, 0.3) is 0 Å². The summed E-state index contributed by atoms with van der Waals surface area (Å²) in [7, 11) is 1.50. The van der Waals surface area contributed by atoms with Crippen LogP contribution >= 0.6 is 0 Å². The first-order chi connectivity index (χ1) is 6.33. The van der Waals surface area contributed by atoms with E-state index in [-0.39, 0.29) is 19.0 Å². The largest absolute Gasteiger partial charge is 0.381 e. The second-order valence-corrected chi connectivity index (χ2v) is 3.22. The molecule has 1 heterocycles. The predicted octanol–water partition coefficient (Wildman–Crippen LogP) is 0.255. The van der Waals surface area contributed by atoms with Crippen LogP contribution in [-0.4, -0.2) is 45.9 Å². The van der Waals surface area contributed by atoms with Gasteiger partial charge in [-0.25, -0.2) is 0 Å². The first-order valence-electron chi connectivity index (χ1n) is 4.49. The molecule has 1 saturated heterocycles. The van der Waals surface area contributed by atoms with E-state index in [4.69, 9.17) is 9.47 Å². The fourth-order valence-corrected chi connectivity index (χ4v) is 1.26. The lowest BCUT2D eigenvalue weighted by Gasteiger charge is -2.07. The summed E-state index contributed by atoms with van der Waals surface area (Å²) in [6, 6.07) is 0. The van der Waals surface area contributed by atoms with Crippen molar-refractivity contribution in [3.63, 3.8) is 0 Å². The Morgan fingerprint density at radius 2 is 2.38 bits per heavy atom. The highest BCUT2D eigenvalue weighted by molar-refractivity contribution is 5.80. The lowest BCUT2D eigenvalue weighted by molar-refractivity contribution is -0.127. The number of ether oxygens (including phenoxy) is 3. The van der Waals surface area contributed by atoms with Crippen molar-refractivity contribution in [2.24, 2.45) is 5.92 Å². The maximum atomic E-state index is 10.9. The summed E-state index contributed by atoms with van der Waals surface area (Å²) >= 11 is 0. The molecule has 0 aromatic heterocycles. The zero-order chi connectivity index (χ0) is 9.52. The van der Waals surface area contributed by atoms with Crippen molar-refractivity contribution in [1.29, 1.82) is 0 Å². The minimum Gasteiger partial charge on any atom is -0.381 e. The average Bonchev–Trinajstić information content (AvgIpc) is 2.57. The molecular weight excluding hydrogens is 172 g/mol. The number of carbonyl (C=O) groups excluding carboxylic acids is 1. The molecule has 1 aliphatic rings. The smallest absolute Gasteiger partial charge is 0.183 e. The Morgan fingerprint density at radius 3 is 3.00 bits per heavy atom. The Hall–Kier alpha value is -0.450. The van der Waals surface area contributed by atoms with Crippen LogP contribution in [0.2, 0.25) is 0 Å². The maximum Gasteiger partial charge on any atom is 0.183 e. The van der Waals surface area contributed by atoms with Crippen molar-refractivity contribution in [2.45, 2.75) is 6.42 Å². The summed E-state index contributed by atoms with van der Waals surface area (Å²) < 4.78 is 15.1. The third-order valence-corrected chi connectivity index (χ3v) is 1.95. The van der Waals surface area contributed by atoms with E-state index in [9.17, 15) is 4.79 Å². The van der Waals surface area contributed by atoms with E-state index in [1.54, 1.807) is 0 Å². The monoisotopic (exact) mass is 188 g/mol. The SMILES string of the molecule is COCC(=O)COCC1CCOC1. The summed E-state index contributed by atoms with van der Waals surface area (Å²) in [5.41, 5.74) is 0. The highest BCUT2D eigenvalue weighted by atomic mass is 16.5. The van der Waals surface area contributed by atoms with E-state index in [2.05, 4.69) is 4.74 Å². The van der Waals surface area contributed by atoms with E-state index in [1.807, 2.05) is 0 Å². The van der Waals surface area contributed by atoms with Crippen LogP contribution in [0.5, 0.6) is 0 Å². The van der Waals surface area contributed by atoms with Crippen LogP contribution in [0.3, 0.4) is 0 Å². The number of ketones is 1. The molecule has 13 heavy (non-hydrogen) atoms. The summed E-state index contributed by atoms with van der Waals surface area (Å²) in [6.07, 6.45) is 1.04. The zero-order valence-electron chi connectivity index (χ0n) is 7.95. The van der Waals surface area contributed by atoms with E-state index in [0.29, 0.717) is 12.5 Å². The van der Waals surface area contributed by atoms with Gasteiger partial charge >= 0.3 is 0 Å². The number of carbonyl (C=O) groups is 1. The molecule has 0 bridgehead atoms. The minimum atomic E-state index is -0.0126. The highest BCUT2D eigenvalue weighted by Gasteiger charge is 2.15. The number of Topliss-reactive ketones (excluding diaryl/α,β-unsaturated/α-hetero) is 1. The van der Waals surface area contributed by atoms with Crippen molar-refractivity contribution >= 4 is 5.78 Å². The molecule has 0 aliphatic carbocycles. The molecule has 0 N–H and O–H groups in total. The summed E-state index contributed by atoms with van der Waals surface area (Å²) in [5, 5.41) is 0. The third kappa shape index (κ3) is 4.36. The fourth-order valence-electron chi connectivity index (χ4n) is 1.26. The molecule has 76 valence electrons. The van der Waals surface area contributed by atoms with Gasteiger partial charge < -0.3 is 14.2 Å². The molecule has 0 spiro atoms. The van der Waals surface area contributed by atoms with Gasteiger partial charge in [-0.2, -0.15) is 0 Å². The quantitative estimate of drug-likeness (QED) is 0.599. The molecule has 1 aliphatic heterocycles. The van der Waals surface area contributed by atoms with E-state index < -0.39 is 0 Å². The zero-order valence-corrected chi connectivity index (χ0v) is 7.95. The molecule has 0 aromatic carbocycles. The Morgan fingerprint density at radius 1 is 1.54 bits per heavy atom. The van der Waals surface area contributed by atoms with Crippen molar-refractivity contribution in [1.82, 2.24) is 0 Å². The molecule has 1 unspecified atom stereocenters. The molecule has 1 fully saturated rings. The van der Waals surface area contributed by atoms with Gasteiger partial charge in [0.2, 0.25) is 0 Å². The lowest BCUT2D eigenvalue weighted by atomic mass is 10.1. The molecule has 4 nitrogen and oxygen atoms in total. The maximum absolute atomic E-state index is 10.9. The van der Waals surface area contributed by atoms with Gasteiger partial charge in [-0.3, -0.25) is 4.79 Å². The van der Waals surface area contributed by atoms with Crippen LogP contribution < -0.4 is 0 Å². The molecule has 4 heteroatoms. The van der Waals surface area contributed by atoms with Crippen LogP contribution in [0.1, 0.15) is 6.42 Å². The number of hydrogen-bond acceptors (Lipinski definition) is 4. The van der Waals surface area contributed by atoms with Crippen LogP contribution in [-0.2, 0) is 19.0 Å². The molecule has 0 saturated carbocycles. The minimum absolute atomic E-state index is 0.0126. The second kappa shape index (κ2) is 6.07. The number of methoxy groups -OCH3 is 1. The standard InChI is InChI=1S/C9H16O4/c1-11-6-9(10)7-13-5-8-2-3-12-4-8/h8H,2-7H2,1H3. The Bertz CT molecular complexity index is 152. The van der Waals surface area contributed by atoms with Gasteiger partial charge in [-0.15, -0.1) is 0 Å². The van der Waals surface area contributed by atoms with Gasteiger partial charge in [0.05, 0.1) is 13.2 Å². The topological polar surface area (TPSA) is 44.8 Å². The first-order valence-corrected chi connectivity index (χ1v) is 4.49. The van der Waals surface area contributed by atoms with Crippen molar-refractivity contribution in [3.05, 3.63) is 0 Å². The van der Waals surface area contributed by atoms with Crippen molar-refractivity contribution < 1.29 is 19.0 Å². The van der Waals surface area contributed by atoms with Crippen LogP contribution in [0, 0.1) is 5.92 Å². The normalized spacial score (nSPS) is 22.1. The highest BCUT2D eigenvalue weighted by Crippen LogP contribution is 2.11. The molecule has 1 atom stereocenters. The first kappa shape index (κ1) is 10.6. The van der Waals surface area contributed by atoms with Crippen molar-refractivity contribution in [2.75, 3.05) is 40.1 Å². The van der Waals surface area contributed by atoms with Crippen LogP contribution in [0.15, 0.2) is 0 Å². The number of rotatable bonds is 6. The van der Waals surface area contributed by atoms with E-state index in [0.717, 1.165) is 19.6 Å². The second-order valence-electron chi connectivity index (χ2n) is 3.22. The predicted molar refractivity (Wildman–Crippen MR) is 46.6 cm³/mol. The molecule has 0 radical (unpaired) electrons. The Kier molecular flexibility index (Phi) is 4.97. The lowest BCUT2D eigenvalue weighted by Crippen LogP contribution is -2.18. The van der Waals surface area contributed by atoms with Gasteiger partial charge in [-0.05, 0) is 6.42 Å². The van der Waals surface area contributed by atoms with E-state index >= 15 is 0 Å². The molecule has 0 aromatic rings. The molecule has 0 amide bonds. The summed E-state index contributed by atoms with van der Waals surface area (Å²) in [4.78, 5) is 10.9. The number of hydrogen-bond donors (Lipinski definition) is 0. The fraction of sp³-hybridized carbons (Fsp3) is 0.889. The van der Waals surface area contributed by atoms with Gasteiger partial charge in [0, 0.05) is 19.6 Å². The summed E-state index contributed by atoms with van der Waals surface area (Å²) in [5.74, 6) is 0.455. The third-order valence-electron chi connectivity index (χ3n) is 1.95. The van der Waals surface area contributed by atoms with Gasteiger partial charge in [0.15, 0.2) is 5.78 Å². The Labute approximate surface area is 78.2 Å². The molecule has 1 rings (SSSR count). The Balaban J connectivity index is 1.96. The van der Waals surface area contributed by atoms with Crippen molar-refractivity contribution in [3.8, 4) is 0 Å². The van der Waals surface area contributed by atoms with E-state index in [1.165, 1.54) is 7.11 Å². The van der Waals surface area contributed by atoms with Crippen LogP contribution in [0.25, 0.3) is 0 Å². The molecular formula is C9H16O4. The van der Waals surface area contributed by atoms with Gasteiger partial charge in [-0.1, -0.05) is 0 Å². The van der Waals surface area contributed by atoms with Gasteiger partial charge in [0.1, 0.15) is 13.2 Å². The average molecular weight is 188 g/mol. The van der Waals surface area contributed by atoms with Crippen LogP contribution in [0.4, 0.5) is 0 Å². The summed E-state index contributed by atoms with van der Waals surface area (Å²) in [6.45, 7) is 2.50.